The Morgan fingerprint density at radius 1 is 1.00 bits per heavy atom. The zero-order chi connectivity index (χ0) is 13.3. The molecule has 0 bridgehead atoms. The number of hydrogen-bond acceptors (Lipinski definition) is 4. The maximum Gasteiger partial charge on any atom is 0.128 e. The van der Waals surface area contributed by atoms with Crippen molar-refractivity contribution in [3.05, 3.63) is 24.4 Å². The Bertz CT molecular complexity index is 337. The third-order valence-corrected chi connectivity index (χ3v) is 3.73. The number of hydrogen-bond donors (Lipinski definition) is 1. The first-order chi connectivity index (χ1) is 9.40. The van der Waals surface area contributed by atoms with Crippen LogP contribution in [0.15, 0.2) is 24.4 Å². The van der Waals surface area contributed by atoms with Crippen LogP contribution >= 0.6 is 0 Å². The van der Waals surface area contributed by atoms with E-state index in [0.29, 0.717) is 6.61 Å². The summed E-state index contributed by atoms with van der Waals surface area (Å²) in [4.78, 5) is 9.31. The summed E-state index contributed by atoms with van der Waals surface area (Å²) in [5.41, 5.74) is 0. The van der Waals surface area contributed by atoms with Gasteiger partial charge in [0.1, 0.15) is 5.82 Å². The standard InChI is InChI=1S/C15H25N3O/c19-14-6-2-1-5-9-17-10-12-18(13-11-17)15-7-3-4-8-16-15/h3-4,7-8,19H,1-2,5-6,9-14H2. The summed E-state index contributed by atoms with van der Waals surface area (Å²) in [5.74, 6) is 1.10. The lowest BCUT2D eigenvalue weighted by molar-refractivity contribution is 0.247. The highest BCUT2D eigenvalue weighted by Gasteiger charge is 2.16. The Labute approximate surface area is 116 Å². The van der Waals surface area contributed by atoms with Crippen molar-refractivity contribution < 1.29 is 5.11 Å². The number of aliphatic hydroxyl groups excluding tert-OH is 1. The number of nitrogens with zero attached hydrogens (tertiary/aromatic N) is 3. The van der Waals surface area contributed by atoms with E-state index < -0.39 is 0 Å². The van der Waals surface area contributed by atoms with Crippen molar-refractivity contribution in [2.75, 3.05) is 44.2 Å². The van der Waals surface area contributed by atoms with Gasteiger partial charge in [-0.2, -0.15) is 0 Å². The fraction of sp³-hybridized carbons (Fsp3) is 0.667. The van der Waals surface area contributed by atoms with Crippen LogP contribution in [0.1, 0.15) is 25.7 Å². The molecule has 1 aliphatic rings. The molecule has 1 aromatic rings. The van der Waals surface area contributed by atoms with Crippen LogP contribution in [0.3, 0.4) is 0 Å². The molecule has 0 unspecified atom stereocenters. The first-order valence-corrected chi connectivity index (χ1v) is 7.39. The van der Waals surface area contributed by atoms with Crippen molar-refractivity contribution in [3.63, 3.8) is 0 Å². The van der Waals surface area contributed by atoms with Crippen molar-refractivity contribution >= 4 is 5.82 Å². The van der Waals surface area contributed by atoms with E-state index in [9.17, 15) is 0 Å². The molecule has 0 aromatic carbocycles. The van der Waals surface area contributed by atoms with Crippen LogP contribution in [-0.4, -0.2) is 54.3 Å². The molecule has 0 aliphatic carbocycles. The maximum atomic E-state index is 8.73. The minimum absolute atomic E-state index is 0.336. The van der Waals surface area contributed by atoms with Crippen molar-refractivity contribution in [1.82, 2.24) is 9.88 Å². The van der Waals surface area contributed by atoms with Gasteiger partial charge in [0.25, 0.3) is 0 Å². The summed E-state index contributed by atoms with van der Waals surface area (Å²) in [6, 6.07) is 6.10. The number of pyridine rings is 1. The number of anilines is 1. The monoisotopic (exact) mass is 263 g/mol. The molecule has 4 nitrogen and oxygen atoms in total. The summed E-state index contributed by atoms with van der Waals surface area (Å²) in [6.45, 7) is 5.96. The Balaban J connectivity index is 1.63. The number of rotatable bonds is 7. The molecule has 1 fully saturated rings. The van der Waals surface area contributed by atoms with E-state index in [0.717, 1.165) is 44.8 Å². The maximum absolute atomic E-state index is 8.73. The minimum atomic E-state index is 0.336. The minimum Gasteiger partial charge on any atom is -0.396 e. The van der Waals surface area contributed by atoms with Crippen molar-refractivity contribution in [2.45, 2.75) is 25.7 Å². The molecule has 0 saturated carbocycles. The lowest BCUT2D eigenvalue weighted by atomic mass is 10.2. The molecule has 1 N–H and O–H groups in total. The molecule has 1 aromatic heterocycles. The van der Waals surface area contributed by atoms with Gasteiger partial charge >= 0.3 is 0 Å². The Morgan fingerprint density at radius 3 is 2.47 bits per heavy atom. The van der Waals surface area contributed by atoms with Gasteiger partial charge in [0.2, 0.25) is 0 Å². The third kappa shape index (κ3) is 4.80. The molecule has 2 rings (SSSR count). The van der Waals surface area contributed by atoms with E-state index in [-0.39, 0.29) is 0 Å². The van der Waals surface area contributed by atoms with Crippen LogP contribution in [0.2, 0.25) is 0 Å². The number of piperazine rings is 1. The summed E-state index contributed by atoms with van der Waals surface area (Å²) >= 11 is 0. The third-order valence-electron chi connectivity index (χ3n) is 3.73. The van der Waals surface area contributed by atoms with Crippen LogP contribution in [0.5, 0.6) is 0 Å². The average molecular weight is 263 g/mol. The van der Waals surface area contributed by atoms with E-state index in [1.165, 1.54) is 19.4 Å². The van der Waals surface area contributed by atoms with Gasteiger partial charge in [-0.1, -0.05) is 18.9 Å². The first kappa shape index (κ1) is 14.3. The molecule has 19 heavy (non-hydrogen) atoms. The predicted octanol–water partition coefficient (Wildman–Crippen LogP) is 1.76. The van der Waals surface area contributed by atoms with Gasteiger partial charge in [-0.15, -0.1) is 0 Å². The zero-order valence-electron chi connectivity index (χ0n) is 11.7. The first-order valence-electron chi connectivity index (χ1n) is 7.39. The average Bonchev–Trinajstić information content (AvgIpc) is 2.49. The van der Waals surface area contributed by atoms with E-state index in [1.807, 2.05) is 12.3 Å². The second-order valence-electron chi connectivity index (χ2n) is 5.15. The SMILES string of the molecule is OCCCCCCN1CCN(c2ccccn2)CC1. The second-order valence-corrected chi connectivity index (χ2v) is 5.15. The summed E-state index contributed by atoms with van der Waals surface area (Å²) in [5, 5.41) is 8.73. The molecular formula is C15H25N3O. The summed E-state index contributed by atoms with van der Waals surface area (Å²) < 4.78 is 0. The predicted molar refractivity (Wildman–Crippen MR) is 78.4 cm³/mol. The van der Waals surface area contributed by atoms with Crippen LogP contribution < -0.4 is 4.90 Å². The van der Waals surface area contributed by atoms with Gasteiger partial charge in [-0.05, 0) is 31.5 Å². The van der Waals surface area contributed by atoms with Gasteiger partial charge in [0, 0.05) is 39.0 Å². The van der Waals surface area contributed by atoms with Crippen LogP contribution in [0, 0.1) is 0 Å². The van der Waals surface area contributed by atoms with Crippen LogP contribution in [0.25, 0.3) is 0 Å². The zero-order valence-corrected chi connectivity index (χ0v) is 11.7. The molecule has 0 atom stereocenters. The highest BCUT2D eigenvalue weighted by Crippen LogP contribution is 2.13. The van der Waals surface area contributed by atoms with E-state index >= 15 is 0 Å². The molecule has 0 radical (unpaired) electrons. The van der Waals surface area contributed by atoms with E-state index in [2.05, 4.69) is 26.9 Å². The largest absolute Gasteiger partial charge is 0.396 e. The molecule has 0 spiro atoms. The quantitative estimate of drug-likeness (QED) is 0.761. The molecule has 1 aliphatic heterocycles. The van der Waals surface area contributed by atoms with Crippen LogP contribution in [-0.2, 0) is 0 Å². The topological polar surface area (TPSA) is 39.6 Å². The van der Waals surface area contributed by atoms with Crippen molar-refractivity contribution in [2.24, 2.45) is 0 Å². The fourth-order valence-corrected chi connectivity index (χ4v) is 2.54. The fourth-order valence-electron chi connectivity index (χ4n) is 2.54. The van der Waals surface area contributed by atoms with E-state index in [1.54, 1.807) is 0 Å². The Hall–Kier alpha value is -1.13. The highest BCUT2D eigenvalue weighted by molar-refractivity contribution is 5.38. The normalized spacial score (nSPS) is 16.8. The Kier molecular flexibility index (Phi) is 6.11. The van der Waals surface area contributed by atoms with Crippen molar-refractivity contribution in [1.29, 1.82) is 0 Å². The smallest absolute Gasteiger partial charge is 0.128 e. The second kappa shape index (κ2) is 8.12. The molecule has 1 saturated heterocycles. The number of aliphatic hydroxyl groups is 1. The van der Waals surface area contributed by atoms with Crippen molar-refractivity contribution in [3.8, 4) is 0 Å². The molecule has 0 amide bonds. The molecule has 2 heterocycles. The number of aromatic nitrogens is 1. The molecule has 4 heteroatoms. The lowest BCUT2D eigenvalue weighted by Gasteiger charge is -2.35. The highest BCUT2D eigenvalue weighted by atomic mass is 16.2. The van der Waals surface area contributed by atoms with Gasteiger partial charge < -0.3 is 10.0 Å². The van der Waals surface area contributed by atoms with Gasteiger partial charge in [0.05, 0.1) is 0 Å². The molecule has 106 valence electrons. The van der Waals surface area contributed by atoms with Gasteiger partial charge in [-0.3, -0.25) is 4.90 Å². The molecular weight excluding hydrogens is 238 g/mol. The Morgan fingerprint density at radius 2 is 1.79 bits per heavy atom. The number of unbranched alkanes of at least 4 members (excludes halogenated alkanes) is 3. The van der Waals surface area contributed by atoms with Gasteiger partial charge in [0.15, 0.2) is 0 Å². The van der Waals surface area contributed by atoms with E-state index in [4.69, 9.17) is 5.11 Å². The lowest BCUT2D eigenvalue weighted by Crippen LogP contribution is -2.46. The van der Waals surface area contributed by atoms with Gasteiger partial charge in [-0.25, -0.2) is 4.98 Å². The summed E-state index contributed by atoms with van der Waals surface area (Å²) in [7, 11) is 0. The summed E-state index contributed by atoms with van der Waals surface area (Å²) in [6.07, 6.45) is 6.46. The van der Waals surface area contributed by atoms with Crippen LogP contribution in [0.4, 0.5) is 5.82 Å².